The Hall–Kier alpha value is -0.320. The topological polar surface area (TPSA) is 12.0 Å². The van der Waals surface area contributed by atoms with E-state index in [1.165, 1.54) is 24.1 Å². The minimum Gasteiger partial charge on any atom is -0.256 e. The van der Waals surface area contributed by atoms with Crippen molar-refractivity contribution in [3.05, 3.63) is 35.4 Å². The van der Waals surface area contributed by atoms with Crippen LogP contribution in [0.15, 0.2) is 18.2 Å². The first-order valence-corrected chi connectivity index (χ1v) is 7.63. The second kappa shape index (κ2) is 7.46. The van der Waals surface area contributed by atoms with E-state index in [9.17, 15) is 8.78 Å². The number of halogens is 3. The number of nitrogens with one attached hydrogen (secondary N) is 1. The van der Waals surface area contributed by atoms with Gasteiger partial charge in [-0.2, -0.15) is 0 Å². The van der Waals surface area contributed by atoms with Crippen LogP contribution in [0.4, 0.5) is 8.78 Å². The summed E-state index contributed by atoms with van der Waals surface area (Å²) in [6.45, 7) is 6.18. The van der Waals surface area contributed by atoms with Crippen molar-refractivity contribution < 1.29 is 8.78 Å². The van der Waals surface area contributed by atoms with E-state index in [4.69, 9.17) is 11.6 Å². The lowest BCUT2D eigenvalue weighted by molar-refractivity contribution is 0.528. The van der Waals surface area contributed by atoms with Crippen molar-refractivity contribution in [3.63, 3.8) is 0 Å². The van der Waals surface area contributed by atoms with Crippen LogP contribution in [0.25, 0.3) is 0 Å². The Labute approximate surface area is 123 Å². The van der Waals surface area contributed by atoms with E-state index in [1.807, 2.05) is 0 Å². The monoisotopic (exact) mass is 307 g/mol. The molecule has 0 aromatic heterocycles. The van der Waals surface area contributed by atoms with Gasteiger partial charge >= 0.3 is 0 Å². The molecular formula is C14H20ClF2NS. The quantitative estimate of drug-likeness (QED) is 0.582. The van der Waals surface area contributed by atoms with Crippen LogP contribution in [0.1, 0.15) is 45.2 Å². The molecule has 0 spiro atoms. The molecular weight excluding hydrogens is 288 g/mol. The second-order valence-electron chi connectivity index (χ2n) is 5.38. The Morgan fingerprint density at radius 3 is 2.58 bits per heavy atom. The normalized spacial score (nSPS) is 13.6. The van der Waals surface area contributed by atoms with Crippen LogP contribution in [0.2, 0.25) is 0 Å². The molecule has 0 aliphatic carbocycles. The zero-order chi connectivity index (χ0) is 14.5. The molecule has 0 saturated heterocycles. The summed E-state index contributed by atoms with van der Waals surface area (Å²) in [6.07, 6.45) is 1.42. The third-order valence-corrected chi connectivity index (χ3v) is 3.75. The minimum absolute atomic E-state index is 0.00299. The van der Waals surface area contributed by atoms with Crippen LogP contribution in [0, 0.1) is 11.6 Å². The largest absolute Gasteiger partial charge is 0.256 e. The van der Waals surface area contributed by atoms with E-state index in [-0.39, 0.29) is 16.6 Å². The standard InChI is InChI=1S/C14H20ClF2NS/c1-14(2,3)19-18-13(5-4-8-15)11-9-10(16)6-7-12(11)17/h6-7,9,13,18H,4-5,8H2,1-3H3/t13-/m0/s1. The fourth-order valence-corrected chi connectivity index (χ4v) is 2.48. The van der Waals surface area contributed by atoms with Gasteiger partial charge in [-0.15, -0.1) is 11.6 Å². The van der Waals surface area contributed by atoms with Crippen LogP contribution in [0.5, 0.6) is 0 Å². The van der Waals surface area contributed by atoms with Gasteiger partial charge in [-0.25, -0.2) is 8.78 Å². The lowest BCUT2D eigenvalue weighted by atomic mass is 10.0. The first-order chi connectivity index (χ1) is 8.83. The summed E-state index contributed by atoms with van der Waals surface area (Å²) in [5.74, 6) is -0.298. The maximum absolute atomic E-state index is 13.8. The molecule has 108 valence electrons. The maximum atomic E-state index is 13.8. The number of hydrogen-bond acceptors (Lipinski definition) is 2. The Morgan fingerprint density at radius 1 is 1.32 bits per heavy atom. The summed E-state index contributed by atoms with van der Waals surface area (Å²) in [4.78, 5) is 0. The molecule has 0 bridgehead atoms. The van der Waals surface area contributed by atoms with Gasteiger partial charge < -0.3 is 0 Å². The molecule has 1 nitrogen and oxygen atoms in total. The third kappa shape index (κ3) is 6.11. The molecule has 0 amide bonds. The van der Waals surface area contributed by atoms with E-state index >= 15 is 0 Å². The Balaban J connectivity index is 2.85. The van der Waals surface area contributed by atoms with Crippen molar-refractivity contribution in [3.8, 4) is 0 Å². The molecule has 1 aromatic rings. The van der Waals surface area contributed by atoms with Gasteiger partial charge in [0.1, 0.15) is 11.6 Å². The highest BCUT2D eigenvalue weighted by atomic mass is 35.5. The van der Waals surface area contributed by atoms with Gasteiger partial charge in [0.25, 0.3) is 0 Å². The fraction of sp³-hybridized carbons (Fsp3) is 0.571. The molecule has 1 N–H and O–H groups in total. The highest BCUT2D eigenvalue weighted by Gasteiger charge is 2.19. The lowest BCUT2D eigenvalue weighted by Gasteiger charge is -2.24. The third-order valence-electron chi connectivity index (χ3n) is 2.47. The Morgan fingerprint density at radius 2 is 2.00 bits per heavy atom. The van der Waals surface area contributed by atoms with E-state index in [2.05, 4.69) is 25.5 Å². The van der Waals surface area contributed by atoms with Gasteiger partial charge in [-0.05, 0) is 51.8 Å². The predicted octanol–water partition coefficient (Wildman–Crippen LogP) is 5.06. The molecule has 19 heavy (non-hydrogen) atoms. The van der Waals surface area contributed by atoms with Gasteiger partial charge in [-0.1, -0.05) is 11.9 Å². The lowest BCUT2D eigenvalue weighted by Crippen LogP contribution is -2.22. The smallest absolute Gasteiger partial charge is 0.128 e. The van der Waals surface area contributed by atoms with Crippen molar-refractivity contribution in [1.82, 2.24) is 4.72 Å². The van der Waals surface area contributed by atoms with Gasteiger partial charge in [0.05, 0.1) is 0 Å². The SMILES string of the molecule is CC(C)(C)SN[C@@H](CCCCl)c1cc(F)ccc1F. The number of rotatable bonds is 6. The molecule has 0 heterocycles. The summed E-state index contributed by atoms with van der Waals surface area (Å²) in [5.41, 5.74) is 0.363. The second-order valence-corrected chi connectivity index (χ2v) is 7.42. The van der Waals surface area contributed by atoms with Gasteiger partial charge in [0.15, 0.2) is 0 Å². The van der Waals surface area contributed by atoms with Crippen LogP contribution < -0.4 is 4.72 Å². The molecule has 0 fully saturated rings. The fourth-order valence-electron chi connectivity index (χ4n) is 1.59. The highest BCUT2D eigenvalue weighted by molar-refractivity contribution is 7.98. The average molecular weight is 308 g/mol. The summed E-state index contributed by atoms with van der Waals surface area (Å²) >= 11 is 7.21. The van der Waals surface area contributed by atoms with Crippen LogP contribution >= 0.6 is 23.5 Å². The van der Waals surface area contributed by atoms with Crippen LogP contribution in [-0.2, 0) is 0 Å². The van der Waals surface area contributed by atoms with Gasteiger partial charge in [0.2, 0.25) is 0 Å². The molecule has 1 aromatic carbocycles. The average Bonchev–Trinajstić information content (AvgIpc) is 2.32. The van der Waals surface area contributed by atoms with E-state index in [0.29, 0.717) is 17.9 Å². The zero-order valence-electron chi connectivity index (χ0n) is 11.5. The summed E-state index contributed by atoms with van der Waals surface area (Å²) in [5, 5.41) is 0. The predicted molar refractivity (Wildman–Crippen MR) is 79.5 cm³/mol. The van der Waals surface area contributed by atoms with Crippen molar-refractivity contribution >= 4 is 23.5 Å². The zero-order valence-corrected chi connectivity index (χ0v) is 13.0. The number of hydrogen-bond donors (Lipinski definition) is 1. The van der Waals surface area contributed by atoms with Gasteiger partial charge in [0, 0.05) is 22.2 Å². The molecule has 1 atom stereocenters. The van der Waals surface area contributed by atoms with Crippen LogP contribution in [0.3, 0.4) is 0 Å². The van der Waals surface area contributed by atoms with Crippen LogP contribution in [-0.4, -0.2) is 10.6 Å². The Kier molecular flexibility index (Phi) is 6.57. The van der Waals surface area contributed by atoms with E-state index in [0.717, 1.165) is 12.5 Å². The van der Waals surface area contributed by atoms with E-state index in [1.54, 1.807) is 0 Å². The van der Waals surface area contributed by atoms with E-state index < -0.39 is 5.82 Å². The number of benzene rings is 1. The molecule has 5 heteroatoms. The first kappa shape index (κ1) is 16.7. The molecule has 1 rings (SSSR count). The highest BCUT2D eigenvalue weighted by Crippen LogP contribution is 2.29. The number of alkyl halides is 1. The molecule has 0 saturated carbocycles. The molecule has 0 aliphatic heterocycles. The maximum Gasteiger partial charge on any atom is 0.128 e. The minimum atomic E-state index is -0.421. The van der Waals surface area contributed by atoms with Crippen molar-refractivity contribution in [2.24, 2.45) is 0 Å². The van der Waals surface area contributed by atoms with Crippen molar-refractivity contribution in [2.75, 3.05) is 5.88 Å². The molecule has 0 unspecified atom stereocenters. The summed E-state index contributed by atoms with van der Waals surface area (Å²) in [6, 6.07) is 3.32. The summed E-state index contributed by atoms with van der Waals surface area (Å²) < 4.78 is 30.3. The summed E-state index contributed by atoms with van der Waals surface area (Å²) in [7, 11) is 0. The van der Waals surface area contributed by atoms with Crippen molar-refractivity contribution in [2.45, 2.75) is 44.4 Å². The Bertz CT molecular complexity index is 407. The molecule has 0 aliphatic rings. The first-order valence-electron chi connectivity index (χ1n) is 6.28. The van der Waals surface area contributed by atoms with Crippen molar-refractivity contribution in [1.29, 1.82) is 0 Å². The molecule has 0 radical (unpaired) electrons. The van der Waals surface area contributed by atoms with Gasteiger partial charge in [-0.3, -0.25) is 4.72 Å².